The number of rotatable bonds is 6. The van der Waals surface area contributed by atoms with E-state index in [0.717, 1.165) is 34.3 Å². The third-order valence-electron chi connectivity index (χ3n) is 5.37. The zero-order valence-corrected chi connectivity index (χ0v) is 17.8. The Morgan fingerprint density at radius 1 is 1.19 bits per heavy atom. The van der Waals surface area contributed by atoms with Crippen molar-refractivity contribution in [3.8, 4) is 0 Å². The molecule has 0 bridgehead atoms. The number of para-hydroxylation sites is 1. The van der Waals surface area contributed by atoms with Gasteiger partial charge >= 0.3 is 5.97 Å². The van der Waals surface area contributed by atoms with E-state index in [2.05, 4.69) is 4.72 Å². The summed E-state index contributed by atoms with van der Waals surface area (Å²) in [5.41, 5.74) is 3.11. The number of nitrogens with one attached hydrogen (secondary N) is 1. The summed E-state index contributed by atoms with van der Waals surface area (Å²) in [7, 11) is -3.75. The van der Waals surface area contributed by atoms with Gasteiger partial charge in [-0.15, -0.1) is 4.91 Å². The van der Waals surface area contributed by atoms with E-state index in [1.165, 1.54) is 17.5 Å². The molecule has 0 radical (unpaired) electrons. The van der Waals surface area contributed by atoms with Crippen molar-refractivity contribution in [2.45, 2.75) is 43.2 Å². The number of aryl methyl sites for hydroxylation is 1. The normalized spacial score (nSPS) is 15.5. The third-order valence-corrected chi connectivity index (χ3v) is 6.91. The Kier molecular flexibility index (Phi) is 7.21. The van der Waals surface area contributed by atoms with Crippen LogP contribution in [-0.2, 0) is 34.2 Å². The van der Waals surface area contributed by atoms with E-state index in [1.54, 1.807) is 0 Å². The number of fused-ring (bicyclic) bond motifs is 3. The van der Waals surface area contributed by atoms with Gasteiger partial charge < -0.3 is 14.9 Å². The summed E-state index contributed by atoms with van der Waals surface area (Å²) in [5.74, 6) is -1.34. The fourth-order valence-electron chi connectivity index (χ4n) is 4.07. The second kappa shape index (κ2) is 9.88. The van der Waals surface area contributed by atoms with Crippen LogP contribution in [0.1, 0.15) is 24.1 Å². The van der Waals surface area contributed by atoms with E-state index in [1.807, 2.05) is 28.8 Å². The molecule has 1 aliphatic rings. The van der Waals surface area contributed by atoms with Crippen LogP contribution in [0.4, 0.5) is 4.39 Å². The molecule has 0 fully saturated rings. The summed E-state index contributed by atoms with van der Waals surface area (Å²) >= 11 is 0. The molecular weight excluding hydrogens is 441 g/mol. The molecule has 11 heteroatoms. The summed E-state index contributed by atoms with van der Waals surface area (Å²) in [6.45, 7) is 0.386. The van der Waals surface area contributed by atoms with Crippen LogP contribution in [0.2, 0.25) is 0 Å². The highest BCUT2D eigenvalue weighted by Gasteiger charge is 2.28. The van der Waals surface area contributed by atoms with E-state index in [0.29, 0.717) is 25.8 Å². The lowest BCUT2D eigenvalue weighted by Crippen LogP contribution is -2.39. The van der Waals surface area contributed by atoms with Crippen molar-refractivity contribution in [3.63, 3.8) is 0 Å². The van der Waals surface area contributed by atoms with Gasteiger partial charge in [-0.1, -0.05) is 18.2 Å². The summed E-state index contributed by atoms with van der Waals surface area (Å²) in [5, 5.41) is 18.0. The van der Waals surface area contributed by atoms with E-state index in [4.69, 9.17) is 15.2 Å². The number of aromatic nitrogens is 1. The maximum Gasteiger partial charge on any atom is 0.305 e. The first-order valence-corrected chi connectivity index (χ1v) is 11.3. The number of benzene rings is 2. The Labute approximate surface area is 183 Å². The molecule has 0 amide bonds. The molecule has 0 spiro atoms. The highest BCUT2D eigenvalue weighted by atomic mass is 32.2. The predicted octanol–water partition coefficient (Wildman–Crippen LogP) is 3.23. The van der Waals surface area contributed by atoms with Crippen molar-refractivity contribution in [2.75, 3.05) is 0 Å². The molecule has 1 aromatic heterocycles. The average Bonchev–Trinajstić information content (AvgIpc) is 3.06. The lowest BCUT2D eigenvalue weighted by molar-refractivity contribution is -0.137. The third kappa shape index (κ3) is 5.11. The Morgan fingerprint density at radius 2 is 1.84 bits per heavy atom. The van der Waals surface area contributed by atoms with Gasteiger partial charge in [-0.25, -0.2) is 17.5 Å². The molecule has 1 atom stereocenters. The lowest BCUT2D eigenvalue weighted by atomic mass is 9.92. The summed E-state index contributed by atoms with van der Waals surface area (Å²) < 4.78 is 43.2. The molecule has 32 heavy (non-hydrogen) atoms. The molecule has 3 aromatic rings. The Morgan fingerprint density at radius 3 is 2.50 bits per heavy atom. The highest BCUT2D eigenvalue weighted by Crippen LogP contribution is 2.33. The molecule has 0 aliphatic heterocycles. The monoisotopic (exact) mass is 463 g/mol. The molecule has 9 nitrogen and oxygen atoms in total. The standard InChI is InChI=1S/C21H21FN2O4S.HNO2/c22-14-5-8-16(9-6-14)29(27,28)23-15-7-10-20-18(13-15)17-3-1-2-4-19(17)24(20)12-11-21(25)26;2-1-3/h1-6,8-9,15,23H,7,10-13H2,(H,25,26);(H,2,3)/t15-;/m1./s1. The fourth-order valence-corrected chi connectivity index (χ4v) is 5.34. The zero-order valence-electron chi connectivity index (χ0n) is 16.9. The molecule has 2 aromatic carbocycles. The minimum atomic E-state index is -3.75. The first-order valence-electron chi connectivity index (χ1n) is 9.82. The van der Waals surface area contributed by atoms with Crippen molar-refractivity contribution in [2.24, 2.45) is 5.34 Å². The predicted molar refractivity (Wildman–Crippen MR) is 114 cm³/mol. The fraction of sp³-hybridized carbons (Fsp3) is 0.286. The lowest BCUT2D eigenvalue weighted by Gasteiger charge is -2.25. The number of sulfonamides is 1. The molecule has 0 saturated heterocycles. The van der Waals surface area contributed by atoms with Crippen molar-refractivity contribution >= 4 is 26.9 Å². The second-order valence-electron chi connectivity index (χ2n) is 7.33. The SMILES string of the molecule is O=C(O)CCn1c2c(c3ccccc31)C[C@H](NS(=O)(=O)c1ccc(F)cc1)CC2.O=NO. The number of carboxylic acid groups (broad SMARTS) is 1. The minimum absolute atomic E-state index is 0.0335. The van der Waals surface area contributed by atoms with Gasteiger partial charge in [0.2, 0.25) is 10.0 Å². The summed E-state index contributed by atoms with van der Waals surface area (Å²) in [6.07, 6.45) is 1.82. The smallest absolute Gasteiger partial charge is 0.305 e. The number of hydrogen-bond donors (Lipinski definition) is 3. The molecular formula is C21H22FN3O6S. The first-order chi connectivity index (χ1) is 15.3. The number of nitrogens with zero attached hydrogens (tertiary/aromatic N) is 2. The number of hydrogen-bond acceptors (Lipinski definition) is 5. The Bertz CT molecular complexity index is 1220. The summed E-state index contributed by atoms with van der Waals surface area (Å²) in [4.78, 5) is 19.2. The number of carbonyl (C=O) groups is 1. The van der Waals surface area contributed by atoms with Gasteiger partial charge in [-0.3, -0.25) is 4.79 Å². The van der Waals surface area contributed by atoms with Gasteiger partial charge in [0.05, 0.1) is 11.3 Å². The molecule has 1 aliphatic carbocycles. The van der Waals surface area contributed by atoms with Crippen LogP contribution >= 0.6 is 0 Å². The van der Waals surface area contributed by atoms with Gasteiger partial charge in [0.15, 0.2) is 5.34 Å². The maximum atomic E-state index is 13.1. The second-order valence-corrected chi connectivity index (χ2v) is 9.05. The van der Waals surface area contributed by atoms with Crippen LogP contribution < -0.4 is 4.72 Å². The van der Waals surface area contributed by atoms with E-state index < -0.39 is 21.8 Å². The van der Waals surface area contributed by atoms with Crippen molar-refractivity contribution in [3.05, 3.63) is 70.5 Å². The van der Waals surface area contributed by atoms with Gasteiger partial charge in [0.1, 0.15) is 5.82 Å². The molecule has 4 rings (SSSR count). The van der Waals surface area contributed by atoms with Crippen LogP contribution in [0.25, 0.3) is 10.9 Å². The molecule has 0 saturated carbocycles. The topological polar surface area (TPSA) is 138 Å². The van der Waals surface area contributed by atoms with Gasteiger partial charge in [-0.05, 0) is 55.2 Å². The minimum Gasteiger partial charge on any atom is -0.481 e. The Balaban J connectivity index is 0.000000913. The van der Waals surface area contributed by atoms with E-state index in [-0.39, 0.29) is 17.4 Å². The average molecular weight is 463 g/mol. The quantitative estimate of drug-likeness (QED) is 0.379. The highest BCUT2D eigenvalue weighted by molar-refractivity contribution is 7.89. The van der Waals surface area contributed by atoms with Crippen molar-refractivity contribution < 1.29 is 27.9 Å². The van der Waals surface area contributed by atoms with Crippen LogP contribution in [0.15, 0.2) is 58.8 Å². The molecule has 0 unspecified atom stereocenters. The summed E-state index contributed by atoms with van der Waals surface area (Å²) in [6, 6.07) is 12.3. The molecule has 170 valence electrons. The van der Waals surface area contributed by atoms with Crippen molar-refractivity contribution in [1.82, 2.24) is 9.29 Å². The Hall–Kier alpha value is -3.31. The van der Waals surface area contributed by atoms with Gasteiger partial charge in [0, 0.05) is 29.2 Å². The van der Waals surface area contributed by atoms with E-state index >= 15 is 0 Å². The number of aliphatic carboxylic acids is 1. The molecule has 3 N–H and O–H groups in total. The molecule has 1 heterocycles. The van der Waals surface area contributed by atoms with E-state index in [9.17, 15) is 17.6 Å². The largest absolute Gasteiger partial charge is 0.481 e. The van der Waals surface area contributed by atoms with Crippen LogP contribution in [0, 0.1) is 10.7 Å². The number of halogens is 1. The van der Waals surface area contributed by atoms with Crippen molar-refractivity contribution in [1.29, 1.82) is 0 Å². The number of carboxylic acids is 1. The van der Waals surface area contributed by atoms with Crippen LogP contribution in [0.3, 0.4) is 0 Å². The van der Waals surface area contributed by atoms with Gasteiger partial charge in [-0.2, -0.15) is 0 Å². The van der Waals surface area contributed by atoms with Crippen LogP contribution in [0.5, 0.6) is 0 Å². The van der Waals surface area contributed by atoms with Gasteiger partial charge in [0.25, 0.3) is 0 Å². The van der Waals surface area contributed by atoms with Crippen LogP contribution in [-0.4, -0.2) is 35.3 Å². The maximum absolute atomic E-state index is 13.1. The zero-order chi connectivity index (χ0) is 23.3. The first kappa shape index (κ1) is 23.4.